The number of phenols is 1. The summed E-state index contributed by atoms with van der Waals surface area (Å²) >= 11 is 0. The zero-order valence-corrected chi connectivity index (χ0v) is 11.0. The van der Waals surface area contributed by atoms with Crippen molar-refractivity contribution < 1.29 is 14.3 Å². The average molecular weight is 274 g/mol. The van der Waals surface area contributed by atoms with Crippen LogP contribution in [0.25, 0.3) is 0 Å². The van der Waals surface area contributed by atoms with Crippen molar-refractivity contribution in [2.75, 3.05) is 5.32 Å². The van der Waals surface area contributed by atoms with Crippen LogP contribution in [-0.4, -0.2) is 11.1 Å². The first-order valence-electron chi connectivity index (χ1n) is 6.13. The Morgan fingerprint density at radius 1 is 1.25 bits per heavy atom. The number of carbonyl (C=O) groups is 1. The molecular formula is C15H15FN2O2. The van der Waals surface area contributed by atoms with Gasteiger partial charge in [0.15, 0.2) is 0 Å². The Kier molecular flexibility index (Phi) is 4.20. The van der Waals surface area contributed by atoms with Crippen molar-refractivity contribution in [3.05, 3.63) is 59.4 Å². The Morgan fingerprint density at radius 2 is 2.05 bits per heavy atom. The van der Waals surface area contributed by atoms with E-state index in [0.717, 1.165) is 5.56 Å². The lowest BCUT2D eigenvalue weighted by Crippen LogP contribution is -2.28. The van der Waals surface area contributed by atoms with Crippen LogP contribution in [0.1, 0.15) is 11.1 Å². The first-order chi connectivity index (χ1) is 9.54. The molecule has 0 saturated heterocycles. The van der Waals surface area contributed by atoms with E-state index >= 15 is 0 Å². The van der Waals surface area contributed by atoms with Gasteiger partial charge in [-0.05, 0) is 42.3 Å². The van der Waals surface area contributed by atoms with Crippen LogP contribution in [0.5, 0.6) is 5.75 Å². The Morgan fingerprint density at radius 3 is 2.80 bits per heavy atom. The second-order valence-electron chi connectivity index (χ2n) is 4.46. The molecule has 0 spiro atoms. The van der Waals surface area contributed by atoms with Gasteiger partial charge in [0.25, 0.3) is 0 Å². The van der Waals surface area contributed by atoms with Crippen molar-refractivity contribution in [1.82, 2.24) is 5.32 Å². The molecule has 0 bridgehead atoms. The maximum Gasteiger partial charge on any atom is 0.319 e. The number of phenolic OH excluding ortho intramolecular Hbond substituents is 1. The van der Waals surface area contributed by atoms with Gasteiger partial charge in [0.2, 0.25) is 0 Å². The fraction of sp³-hybridized carbons (Fsp3) is 0.133. The van der Waals surface area contributed by atoms with Crippen LogP contribution in [0.15, 0.2) is 42.5 Å². The molecule has 0 fully saturated rings. The summed E-state index contributed by atoms with van der Waals surface area (Å²) in [5.74, 6) is -0.349. The molecule has 0 aliphatic rings. The lowest BCUT2D eigenvalue weighted by molar-refractivity contribution is 0.251. The number of amides is 2. The molecule has 0 heterocycles. The van der Waals surface area contributed by atoms with Crippen LogP contribution in [0.2, 0.25) is 0 Å². The largest absolute Gasteiger partial charge is 0.506 e. The van der Waals surface area contributed by atoms with Gasteiger partial charge in [-0.1, -0.05) is 18.2 Å². The zero-order valence-electron chi connectivity index (χ0n) is 11.0. The third-order valence-electron chi connectivity index (χ3n) is 2.74. The first-order valence-corrected chi connectivity index (χ1v) is 6.13. The summed E-state index contributed by atoms with van der Waals surface area (Å²) in [6, 6.07) is 10.4. The molecule has 0 saturated carbocycles. The van der Waals surface area contributed by atoms with Crippen LogP contribution in [0.3, 0.4) is 0 Å². The van der Waals surface area contributed by atoms with Gasteiger partial charge in [-0.15, -0.1) is 0 Å². The number of halogens is 1. The number of anilines is 1. The fourth-order valence-electron chi connectivity index (χ4n) is 1.75. The number of benzene rings is 2. The molecule has 2 amide bonds. The van der Waals surface area contributed by atoms with Gasteiger partial charge in [0, 0.05) is 6.54 Å². The highest BCUT2D eigenvalue weighted by Crippen LogP contribution is 2.23. The summed E-state index contributed by atoms with van der Waals surface area (Å²) in [6.07, 6.45) is 0. The smallest absolute Gasteiger partial charge is 0.319 e. The molecule has 5 heteroatoms. The van der Waals surface area contributed by atoms with E-state index < -0.39 is 6.03 Å². The maximum absolute atomic E-state index is 13.0. The summed E-state index contributed by atoms with van der Waals surface area (Å²) in [5, 5.41) is 14.7. The molecule has 0 atom stereocenters. The molecule has 2 aromatic carbocycles. The van der Waals surface area contributed by atoms with Crippen LogP contribution >= 0.6 is 0 Å². The summed E-state index contributed by atoms with van der Waals surface area (Å²) < 4.78 is 13.0. The third-order valence-corrected chi connectivity index (χ3v) is 2.74. The van der Waals surface area contributed by atoms with Crippen LogP contribution in [-0.2, 0) is 6.54 Å². The molecule has 0 aliphatic heterocycles. The van der Waals surface area contributed by atoms with E-state index in [1.165, 1.54) is 18.2 Å². The lowest BCUT2D eigenvalue weighted by atomic mass is 10.2. The molecule has 20 heavy (non-hydrogen) atoms. The molecule has 2 rings (SSSR count). The molecule has 4 nitrogen and oxygen atoms in total. The highest BCUT2D eigenvalue weighted by Gasteiger charge is 2.06. The van der Waals surface area contributed by atoms with Crippen LogP contribution in [0, 0.1) is 12.7 Å². The van der Waals surface area contributed by atoms with E-state index in [4.69, 9.17) is 0 Å². The second kappa shape index (κ2) is 6.06. The summed E-state index contributed by atoms with van der Waals surface area (Å²) in [4.78, 5) is 11.7. The van der Waals surface area contributed by atoms with Crippen molar-refractivity contribution in [3.63, 3.8) is 0 Å². The van der Waals surface area contributed by atoms with Crippen LogP contribution in [0.4, 0.5) is 14.9 Å². The molecule has 0 aliphatic carbocycles. The Hall–Kier alpha value is -2.56. The zero-order chi connectivity index (χ0) is 14.5. The molecule has 0 radical (unpaired) electrons. The Bertz CT molecular complexity index is 629. The van der Waals surface area contributed by atoms with Gasteiger partial charge < -0.3 is 15.7 Å². The maximum atomic E-state index is 13.0. The fourth-order valence-corrected chi connectivity index (χ4v) is 1.75. The standard InChI is InChI=1S/C15H15FN2O2/c1-10-5-6-14(19)13(7-10)18-15(20)17-9-11-3-2-4-12(16)8-11/h2-8,19H,9H2,1H3,(H2,17,18,20). The van der Waals surface area contributed by atoms with Crippen molar-refractivity contribution in [2.45, 2.75) is 13.5 Å². The average Bonchev–Trinajstić information content (AvgIpc) is 2.41. The van der Waals surface area contributed by atoms with E-state index in [9.17, 15) is 14.3 Å². The predicted octanol–water partition coefficient (Wildman–Crippen LogP) is 3.16. The molecule has 2 aromatic rings. The number of nitrogens with one attached hydrogen (secondary N) is 2. The number of hydrogen-bond donors (Lipinski definition) is 3. The van der Waals surface area contributed by atoms with Gasteiger partial charge in [-0.25, -0.2) is 9.18 Å². The van der Waals surface area contributed by atoms with Crippen LogP contribution < -0.4 is 10.6 Å². The van der Waals surface area contributed by atoms with E-state index in [0.29, 0.717) is 11.3 Å². The summed E-state index contributed by atoms with van der Waals surface area (Å²) in [6.45, 7) is 2.06. The number of urea groups is 1. The lowest BCUT2D eigenvalue weighted by Gasteiger charge is -2.10. The topological polar surface area (TPSA) is 61.4 Å². The number of rotatable bonds is 3. The van der Waals surface area contributed by atoms with Crippen molar-refractivity contribution in [2.24, 2.45) is 0 Å². The monoisotopic (exact) mass is 274 g/mol. The SMILES string of the molecule is Cc1ccc(O)c(NC(=O)NCc2cccc(F)c2)c1. The number of hydrogen-bond acceptors (Lipinski definition) is 2. The normalized spacial score (nSPS) is 10.1. The molecule has 104 valence electrons. The highest BCUT2D eigenvalue weighted by molar-refractivity contribution is 5.90. The second-order valence-corrected chi connectivity index (χ2v) is 4.46. The van der Waals surface area contributed by atoms with Gasteiger partial charge in [-0.2, -0.15) is 0 Å². The first kappa shape index (κ1) is 13.9. The number of aromatic hydroxyl groups is 1. The Labute approximate surface area is 116 Å². The highest BCUT2D eigenvalue weighted by atomic mass is 19.1. The van der Waals surface area contributed by atoms with Gasteiger partial charge in [0.05, 0.1) is 5.69 Å². The van der Waals surface area contributed by atoms with Gasteiger partial charge in [-0.3, -0.25) is 0 Å². The third kappa shape index (κ3) is 3.71. The quantitative estimate of drug-likeness (QED) is 0.753. The number of aryl methyl sites for hydroxylation is 1. The molecule has 0 unspecified atom stereocenters. The van der Waals surface area contributed by atoms with E-state index in [1.54, 1.807) is 24.3 Å². The number of carbonyl (C=O) groups excluding carboxylic acids is 1. The van der Waals surface area contributed by atoms with Gasteiger partial charge in [0.1, 0.15) is 11.6 Å². The van der Waals surface area contributed by atoms with E-state index in [2.05, 4.69) is 10.6 Å². The molecule has 3 N–H and O–H groups in total. The van der Waals surface area contributed by atoms with E-state index in [-0.39, 0.29) is 18.1 Å². The van der Waals surface area contributed by atoms with Crippen molar-refractivity contribution in [1.29, 1.82) is 0 Å². The molecular weight excluding hydrogens is 259 g/mol. The minimum atomic E-state index is -0.463. The van der Waals surface area contributed by atoms with E-state index in [1.807, 2.05) is 6.92 Å². The minimum absolute atomic E-state index is 0.00324. The summed E-state index contributed by atoms with van der Waals surface area (Å²) in [5.41, 5.74) is 1.92. The van der Waals surface area contributed by atoms with Crippen molar-refractivity contribution >= 4 is 11.7 Å². The molecule has 0 aromatic heterocycles. The minimum Gasteiger partial charge on any atom is -0.506 e. The summed E-state index contributed by atoms with van der Waals surface area (Å²) in [7, 11) is 0. The van der Waals surface area contributed by atoms with Gasteiger partial charge >= 0.3 is 6.03 Å². The predicted molar refractivity (Wildman–Crippen MR) is 75.1 cm³/mol. The Balaban J connectivity index is 1.94. The van der Waals surface area contributed by atoms with Crippen molar-refractivity contribution in [3.8, 4) is 5.75 Å².